The maximum atomic E-state index is 13.0. The van der Waals surface area contributed by atoms with Gasteiger partial charge in [-0.05, 0) is 35.9 Å². The van der Waals surface area contributed by atoms with E-state index in [2.05, 4.69) is 20.6 Å². The van der Waals surface area contributed by atoms with E-state index in [0.29, 0.717) is 33.1 Å². The van der Waals surface area contributed by atoms with Gasteiger partial charge in [0.25, 0.3) is 11.6 Å². The number of amides is 1. The van der Waals surface area contributed by atoms with Crippen molar-refractivity contribution >= 4 is 45.8 Å². The Bertz CT molecular complexity index is 1400. The highest BCUT2D eigenvalue weighted by Crippen LogP contribution is 2.39. The molecule has 162 valence electrons. The fourth-order valence-electron chi connectivity index (χ4n) is 3.70. The minimum atomic E-state index is -0.482. The molecule has 0 saturated heterocycles. The Hall–Kier alpha value is -4.43. The number of benzene rings is 3. The third-order valence-corrected chi connectivity index (χ3v) is 5.54. The molecule has 8 nitrogen and oxygen atoms in total. The predicted octanol–water partition coefficient (Wildman–Crippen LogP) is 5.57. The second-order valence-electron chi connectivity index (χ2n) is 7.35. The number of nitro benzene ring substituents is 1. The highest BCUT2D eigenvalue weighted by Gasteiger charge is 2.30. The summed E-state index contributed by atoms with van der Waals surface area (Å²) in [7, 11) is 0. The Morgan fingerprint density at radius 1 is 1.03 bits per heavy atom. The fraction of sp³-hybridized carbons (Fsp3) is 0. The summed E-state index contributed by atoms with van der Waals surface area (Å²) in [5.74, 6) is -0.351. The van der Waals surface area contributed by atoms with Crippen LogP contribution in [0.5, 0.6) is 0 Å². The van der Waals surface area contributed by atoms with Gasteiger partial charge in [-0.2, -0.15) is 0 Å². The number of anilines is 2. The molecule has 9 heteroatoms. The molecule has 3 aromatic carbocycles. The van der Waals surface area contributed by atoms with Gasteiger partial charge in [0.1, 0.15) is 0 Å². The van der Waals surface area contributed by atoms with Gasteiger partial charge < -0.3 is 15.6 Å². The molecular formula is C24H16ClN5O3. The Balaban J connectivity index is 1.62. The van der Waals surface area contributed by atoms with Gasteiger partial charge in [-0.1, -0.05) is 35.9 Å². The number of rotatable bonds is 5. The maximum Gasteiger partial charge on any atom is 0.270 e. The molecule has 2 heterocycles. The topological polar surface area (TPSA) is 113 Å². The first kappa shape index (κ1) is 20.5. The normalized spacial score (nSPS) is 13.9. The summed E-state index contributed by atoms with van der Waals surface area (Å²) in [4.78, 5) is 31.0. The number of hydrogen-bond acceptors (Lipinski definition) is 5. The number of nitro groups is 1. The van der Waals surface area contributed by atoms with Crippen LogP contribution in [0.15, 0.2) is 79.3 Å². The van der Waals surface area contributed by atoms with Crippen LogP contribution in [0.2, 0.25) is 5.02 Å². The van der Waals surface area contributed by atoms with Gasteiger partial charge in [-0.3, -0.25) is 14.9 Å². The molecule has 1 amide bonds. The summed E-state index contributed by atoms with van der Waals surface area (Å²) in [6.45, 7) is 0. The van der Waals surface area contributed by atoms with Crippen molar-refractivity contribution in [2.45, 2.75) is 0 Å². The van der Waals surface area contributed by atoms with Gasteiger partial charge in [-0.25, -0.2) is 4.98 Å². The number of carbonyl (C=O) groups excluding carboxylic acids is 1. The van der Waals surface area contributed by atoms with Crippen molar-refractivity contribution in [1.29, 1.82) is 0 Å². The number of carbonyl (C=O) groups is 1. The van der Waals surface area contributed by atoms with Gasteiger partial charge in [0.05, 0.1) is 28.2 Å². The van der Waals surface area contributed by atoms with Crippen molar-refractivity contribution in [2.24, 2.45) is 0 Å². The molecular weight excluding hydrogens is 442 g/mol. The number of H-pyrrole nitrogens is 1. The number of fused-ring (bicyclic) bond motifs is 1. The van der Waals surface area contributed by atoms with E-state index in [4.69, 9.17) is 11.6 Å². The zero-order valence-electron chi connectivity index (χ0n) is 17.0. The zero-order chi connectivity index (χ0) is 22.9. The van der Waals surface area contributed by atoms with Crippen LogP contribution >= 0.6 is 11.6 Å². The monoisotopic (exact) mass is 457 g/mol. The highest BCUT2D eigenvalue weighted by molar-refractivity contribution is 6.37. The Morgan fingerprint density at radius 3 is 2.45 bits per heavy atom. The summed E-state index contributed by atoms with van der Waals surface area (Å²) in [5, 5.41) is 18.0. The Morgan fingerprint density at radius 2 is 1.79 bits per heavy atom. The number of nitrogens with one attached hydrogen (secondary N) is 3. The van der Waals surface area contributed by atoms with E-state index < -0.39 is 4.92 Å². The van der Waals surface area contributed by atoms with E-state index in [0.717, 1.165) is 16.9 Å². The minimum Gasteiger partial charge on any atom is -0.354 e. The van der Waals surface area contributed by atoms with E-state index >= 15 is 0 Å². The van der Waals surface area contributed by atoms with Crippen molar-refractivity contribution in [2.75, 3.05) is 10.6 Å². The smallest absolute Gasteiger partial charge is 0.270 e. The lowest BCUT2D eigenvalue weighted by Gasteiger charge is -2.15. The van der Waals surface area contributed by atoms with Gasteiger partial charge in [-0.15, -0.1) is 0 Å². The van der Waals surface area contributed by atoms with E-state index in [1.165, 1.54) is 18.2 Å². The molecule has 0 aliphatic carbocycles. The fourth-order valence-corrected chi connectivity index (χ4v) is 3.83. The Kier molecular flexibility index (Phi) is 5.12. The quantitative estimate of drug-likeness (QED) is 0.206. The summed E-state index contributed by atoms with van der Waals surface area (Å²) in [6, 6.07) is 18.9. The number of nitrogens with zero attached hydrogens (tertiary/aromatic N) is 2. The van der Waals surface area contributed by atoms with Crippen LogP contribution in [0.4, 0.5) is 17.1 Å². The maximum absolute atomic E-state index is 13.0. The highest BCUT2D eigenvalue weighted by atomic mass is 35.5. The molecule has 1 aliphatic heterocycles. The van der Waals surface area contributed by atoms with E-state index in [-0.39, 0.29) is 11.6 Å². The molecule has 0 radical (unpaired) electrons. The molecule has 0 atom stereocenters. The van der Waals surface area contributed by atoms with Crippen molar-refractivity contribution in [3.05, 3.63) is 106 Å². The molecule has 0 saturated carbocycles. The standard InChI is InChI=1S/C24H16ClN5O3/c25-16-5-1-15(2-6-16)23(28-17-7-3-14(4-8-17)21-12-26-13-27-21)22-19-11-18(30(32)33)9-10-20(19)29-24(22)31/h1-13,28H,(H,26,27)(H,29,31)/b23-22-. The Labute approximate surface area is 193 Å². The molecule has 4 aromatic rings. The van der Waals surface area contributed by atoms with Gasteiger partial charge in [0.15, 0.2) is 0 Å². The van der Waals surface area contributed by atoms with Gasteiger partial charge >= 0.3 is 0 Å². The average Bonchev–Trinajstić information content (AvgIpc) is 3.46. The molecule has 0 fully saturated rings. The third-order valence-electron chi connectivity index (χ3n) is 5.29. The number of hydrogen-bond donors (Lipinski definition) is 3. The summed E-state index contributed by atoms with van der Waals surface area (Å²) >= 11 is 6.07. The predicted molar refractivity (Wildman–Crippen MR) is 128 cm³/mol. The van der Waals surface area contributed by atoms with Crippen LogP contribution < -0.4 is 10.6 Å². The van der Waals surface area contributed by atoms with Crippen molar-refractivity contribution in [3.63, 3.8) is 0 Å². The van der Waals surface area contributed by atoms with Crippen LogP contribution in [-0.4, -0.2) is 20.8 Å². The molecule has 0 unspecified atom stereocenters. The molecule has 1 aromatic heterocycles. The van der Waals surface area contributed by atoms with E-state index in [9.17, 15) is 14.9 Å². The SMILES string of the molecule is O=C1Nc2ccc([N+](=O)[O-])cc2/C1=C(/Nc1ccc(-c2c[nH]cn2)cc1)c1ccc(Cl)cc1. The van der Waals surface area contributed by atoms with Crippen molar-refractivity contribution < 1.29 is 9.72 Å². The number of aromatic nitrogens is 2. The van der Waals surface area contributed by atoms with Crippen molar-refractivity contribution in [1.82, 2.24) is 9.97 Å². The van der Waals surface area contributed by atoms with Crippen LogP contribution in [0.1, 0.15) is 11.1 Å². The molecule has 1 aliphatic rings. The number of halogens is 1. The first-order valence-corrected chi connectivity index (χ1v) is 10.3. The molecule has 3 N–H and O–H groups in total. The van der Waals surface area contributed by atoms with E-state index in [1.54, 1.807) is 36.8 Å². The lowest BCUT2D eigenvalue weighted by atomic mass is 9.99. The van der Waals surface area contributed by atoms with Crippen LogP contribution in [0, 0.1) is 10.1 Å². The van der Waals surface area contributed by atoms with E-state index in [1.807, 2.05) is 24.3 Å². The van der Waals surface area contributed by atoms with Crippen molar-refractivity contribution in [3.8, 4) is 11.3 Å². The lowest BCUT2D eigenvalue weighted by molar-refractivity contribution is -0.384. The number of non-ortho nitro benzene ring substituents is 1. The van der Waals surface area contributed by atoms with Crippen LogP contribution in [0.3, 0.4) is 0 Å². The first-order chi connectivity index (χ1) is 16.0. The second-order valence-corrected chi connectivity index (χ2v) is 7.79. The summed E-state index contributed by atoms with van der Waals surface area (Å²) in [6.07, 6.45) is 3.41. The third kappa shape index (κ3) is 3.95. The molecule has 5 rings (SSSR count). The molecule has 0 spiro atoms. The summed E-state index contributed by atoms with van der Waals surface area (Å²) < 4.78 is 0. The largest absolute Gasteiger partial charge is 0.354 e. The van der Waals surface area contributed by atoms with Crippen LogP contribution in [-0.2, 0) is 4.79 Å². The first-order valence-electron chi connectivity index (χ1n) is 9.96. The number of aromatic amines is 1. The molecule has 0 bridgehead atoms. The molecule has 33 heavy (non-hydrogen) atoms. The zero-order valence-corrected chi connectivity index (χ0v) is 17.8. The minimum absolute atomic E-state index is 0.0958. The van der Waals surface area contributed by atoms with Crippen LogP contribution in [0.25, 0.3) is 22.5 Å². The number of imidazole rings is 1. The summed E-state index contributed by atoms with van der Waals surface area (Å²) in [5.41, 5.74) is 4.89. The van der Waals surface area contributed by atoms with Gasteiger partial charge in [0, 0.05) is 45.9 Å². The average molecular weight is 458 g/mol. The second kappa shape index (κ2) is 8.25. The van der Waals surface area contributed by atoms with Gasteiger partial charge in [0.2, 0.25) is 0 Å². The lowest BCUT2D eigenvalue weighted by Crippen LogP contribution is -2.10.